The normalized spacial score (nSPS) is 29.5. The van der Waals surface area contributed by atoms with Gasteiger partial charge in [0.2, 0.25) is 0 Å². The van der Waals surface area contributed by atoms with Crippen LogP contribution in [0.25, 0.3) is 0 Å². The van der Waals surface area contributed by atoms with Crippen LogP contribution in [-0.2, 0) is 9.47 Å². The van der Waals surface area contributed by atoms with E-state index >= 15 is 0 Å². The first kappa shape index (κ1) is 17.8. The van der Waals surface area contributed by atoms with Crippen LogP contribution in [0, 0.1) is 6.92 Å². The Balaban J connectivity index is 1.38. The summed E-state index contributed by atoms with van der Waals surface area (Å²) in [7, 11) is 0. The van der Waals surface area contributed by atoms with Gasteiger partial charge >= 0.3 is 0 Å². The van der Waals surface area contributed by atoms with Crippen molar-refractivity contribution in [3.63, 3.8) is 0 Å². The van der Waals surface area contributed by atoms with Gasteiger partial charge in [-0.15, -0.1) is 0 Å². The quantitative estimate of drug-likeness (QED) is 0.885. The monoisotopic (exact) mass is 359 g/mol. The van der Waals surface area contributed by atoms with E-state index in [0.29, 0.717) is 6.04 Å². The van der Waals surface area contributed by atoms with Crippen molar-refractivity contribution in [3.8, 4) is 0 Å². The van der Waals surface area contributed by atoms with Gasteiger partial charge in [0, 0.05) is 49.5 Å². The smallest absolute Gasteiger partial charge is 0.251 e. The number of aryl methyl sites for hydroxylation is 1. The molecule has 4 rings (SSSR count). The number of benzene rings is 1. The number of carbonyl (C=O) groups excluding carboxylic acids is 1. The van der Waals surface area contributed by atoms with Crippen molar-refractivity contribution in [3.05, 3.63) is 29.3 Å². The van der Waals surface area contributed by atoms with Crippen molar-refractivity contribution in [1.82, 2.24) is 10.2 Å². The zero-order chi connectivity index (χ0) is 18.1. The Hall–Kier alpha value is -1.63. The standard InChI is InChI=1S/C20H29N3O3/c1-14-9-16(3-4-19(14)22-5-7-25-8-6-22)20(24)21-17-10-18-13-26-15(2)11-23(18)12-17/h3-4,9,15,17-18H,5-8,10-13H2,1-2H3,(H,21,24)/t15-,17-,18-/m0/s1. The molecule has 3 atom stereocenters. The summed E-state index contributed by atoms with van der Waals surface area (Å²) >= 11 is 0. The van der Waals surface area contributed by atoms with Crippen molar-refractivity contribution < 1.29 is 14.3 Å². The van der Waals surface area contributed by atoms with E-state index in [1.54, 1.807) is 0 Å². The minimum absolute atomic E-state index is 0.0282. The topological polar surface area (TPSA) is 54.0 Å². The van der Waals surface area contributed by atoms with E-state index < -0.39 is 0 Å². The summed E-state index contributed by atoms with van der Waals surface area (Å²) in [5, 5.41) is 3.22. The molecule has 1 N–H and O–H groups in total. The molecule has 6 heteroatoms. The van der Waals surface area contributed by atoms with Crippen LogP contribution in [0.3, 0.4) is 0 Å². The Morgan fingerprint density at radius 3 is 2.81 bits per heavy atom. The Kier molecular flexibility index (Phi) is 5.16. The van der Waals surface area contributed by atoms with Crippen molar-refractivity contribution >= 4 is 11.6 Å². The Bertz CT molecular complexity index is 660. The van der Waals surface area contributed by atoms with Gasteiger partial charge in [-0.1, -0.05) is 0 Å². The largest absolute Gasteiger partial charge is 0.378 e. The zero-order valence-corrected chi connectivity index (χ0v) is 15.7. The number of ether oxygens (including phenoxy) is 2. The van der Waals surface area contributed by atoms with Gasteiger partial charge in [-0.05, 0) is 44.0 Å². The maximum absolute atomic E-state index is 12.7. The second-order valence-corrected chi connectivity index (χ2v) is 7.76. The maximum atomic E-state index is 12.7. The molecule has 142 valence electrons. The molecule has 0 aromatic heterocycles. The van der Waals surface area contributed by atoms with Crippen LogP contribution in [0.4, 0.5) is 5.69 Å². The van der Waals surface area contributed by atoms with E-state index in [2.05, 4.69) is 35.0 Å². The fraction of sp³-hybridized carbons (Fsp3) is 0.650. The molecule has 0 spiro atoms. The maximum Gasteiger partial charge on any atom is 0.251 e. The van der Waals surface area contributed by atoms with Crippen LogP contribution in [0.2, 0.25) is 0 Å². The molecule has 6 nitrogen and oxygen atoms in total. The molecular formula is C20H29N3O3. The number of hydrogen-bond donors (Lipinski definition) is 1. The highest BCUT2D eigenvalue weighted by Crippen LogP contribution is 2.25. The highest BCUT2D eigenvalue weighted by Gasteiger charge is 2.36. The van der Waals surface area contributed by atoms with Crippen LogP contribution in [-0.4, -0.2) is 75.0 Å². The van der Waals surface area contributed by atoms with Crippen molar-refractivity contribution in [2.24, 2.45) is 0 Å². The summed E-state index contributed by atoms with van der Waals surface area (Å²) in [5.74, 6) is 0.0282. The lowest BCUT2D eigenvalue weighted by atomic mass is 10.1. The van der Waals surface area contributed by atoms with E-state index in [0.717, 1.165) is 63.5 Å². The van der Waals surface area contributed by atoms with Crippen LogP contribution >= 0.6 is 0 Å². The minimum Gasteiger partial charge on any atom is -0.378 e. The number of morpholine rings is 2. The van der Waals surface area contributed by atoms with Gasteiger partial charge in [0.05, 0.1) is 25.9 Å². The summed E-state index contributed by atoms with van der Waals surface area (Å²) in [6.07, 6.45) is 1.26. The Labute approximate surface area is 155 Å². The molecule has 0 radical (unpaired) electrons. The molecule has 3 saturated heterocycles. The van der Waals surface area contributed by atoms with Crippen LogP contribution in [0.5, 0.6) is 0 Å². The van der Waals surface area contributed by atoms with Crippen molar-refractivity contribution in [2.45, 2.75) is 38.5 Å². The third kappa shape index (κ3) is 3.72. The lowest BCUT2D eigenvalue weighted by molar-refractivity contribution is -0.0390. The number of amides is 1. The van der Waals surface area contributed by atoms with E-state index in [4.69, 9.17) is 9.47 Å². The molecule has 1 aromatic rings. The van der Waals surface area contributed by atoms with Gasteiger partial charge in [0.25, 0.3) is 5.91 Å². The van der Waals surface area contributed by atoms with Gasteiger partial charge < -0.3 is 19.7 Å². The first-order valence-corrected chi connectivity index (χ1v) is 9.70. The lowest BCUT2D eigenvalue weighted by Gasteiger charge is -2.33. The number of fused-ring (bicyclic) bond motifs is 1. The molecule has 3 fully saturated rings. The second kappa shape index (κ2) is 7.55. The predicted molar refractivity (Wildman–Crippen MR) is 101 cm³/mol. The Morgan fingerprint density at radius 2 is 2.04 bits per heavy atom. The number of rotatable bonds is 3. The van der Waals surface area contributed by atoms with Crippen LogP contribution < -0.4 is 10.2 Å². The summed E-state index contributed by atoms with van der Waals surface area (Å²) in [6, 6.07) is 6.68. The molecule has 0 unspecified atom stereocenters. The first-order valence-electron chi connectivity index (χ1n) is 9.70. The van der Waals surface area contributed by atoms with Gasteiger partial charge in [0.1, 0.15) is 0 Å². The summed E-state index contributed by atoms with van der Waals surface area (Å²) in [6.45, 7) is 10.2. The zero-order valence-electron chi connectivity index (χ0n) is 15.7. The highest BCUT2D eigenvalue weighted by molar-refractivity contribution is 5.95. The Morgan fingerprint density at radius 1 is 1.23 bits per heavy atom. The van der Waals surface area contributed by atoms with Crippen LogP contribution in [0.15, 0.2) is 18.2 Å². The molecule has 26 heavy (non-hydrogen) atoms. The molecule has 3 heterocycles. The van der Waals surface area contributed by atoms with Crippen molar-refractivity contribution in [1.29, 1.82) is 0 Å². The SMILES string of the molecule is Cc1cc(C(=O)N[C@H]2C[C@H]3CO[C@@H](C)CN3C2)ccc1N1CCOCC1. The number of carbonyl (C=O) groups is 1. The van der Waals surface area contributed by atoms with E-state index in [1.165, 1.54) is 5.69 Å². The number of anilines is 1. The third-order valence-electron chi connectivity index (χ3n) is 5.74. The van der Waals surface area contributed by atoms with Gasteiger partial charge in [-0.3, -0.25) is 9.69 Å². The molecule has 1 aromatic carbocycles. The second-order valence-electron chi connectivity index (χ2n) is 7.76. The summed E-state index contributed by atoms with van der Waals surface area (Å²) in [4.78, 5) is 17.5. The lowest BCUT2D eigenvalue weighted by Crippen LogP contribution is -2.45. The summed E-state index contributed by atoms with van der Waals surface area (Å²) < 4.78 is 11.2. The minimum atomic E-state index is 0.0282. The molecule has 1 amide bonds. The molecule has 0 bridgehead atoms. The highest BCUT2D eigenvalue weighted by atomic mass is 16.5. The number of hydrogen-bond acceptors (Lipinski definition) is 5. The number of nitrogens with zero attached hydrogens (tertiary/aromatic N) is 2. The molecule has 3 aliphatic rings. The van der Waals surface area contributed by atoms with Crippen LogP contribution in [0.1, 0.15) is 29.3 Å². The number of nitrogens with one attached hydrogen (secondary N) is 1. The predicted octanol–water partition coefficient (Wildman–Crippen LogP) is 1.42. The van der Waals surface area contributed by atoms with E-state index in [1.807, 2.05) is 12.1 Å². The molecule has 0 aliphatic carbocycles. The van der Waals surface area contributed by atoms with E-state index in [-0.39, 0.29) is 18.1 Å². The average Bonchev–Trinajstić information content (AvgIpc) is 3.03. The van der Waals surface area contributed by atoms with Gasteiger partial charge in [-0.2, -0.15) is 0 Å². The van der Waals surface area contributed by atoms with Crippen molar-refractivity contribution in [2.75, 3.05) is 50.9 Å². The van der Waals surface area contributed by atoms with E-state index in [9.17, 15) is 4.79 Å². The average molecular weight is 359 g/mol. The fourth-order valence-electron chi connectivity index (χ4n) is 4.37. The third-order valence-corrected chi connectivity index (χ3v) is 5.74. The molecule has 0 saturated carbocycles. The molecular weight excluding hydrogens is 330 g/mol. The fourth-order valence-corrected chi connectivity index (χ4v) is 4.37. The summed E-state index contributed by atoms with van der Waals surface area (Å²) in [5.41, 5.74) is 3.09. The van der Waals surface area contributed by atoms with Gasteiger partial charge in [0.15, 0.2) is 0 Å². The first-order chi connectivity index (χ1) is 12.6. The van der Waals surface area contributed by atoms with Gasteiger partial charge in [-0.25, -0.2) is 0 Å². The molecule has 3 aliphatic heterocycles.